The molecule has 5 nitrogen and oxygen atoms in total. The first-order chi connectivity index (χ1) is 10.6. The summed E-state index contributed by atoms with van der Waals surface area (Å²) in [5.41, 5.74) is 1.50. The smallest absolute Gasteiger partial charge is 0.271 e. The number of benzene rings is 1. The van der Waals surface area contributed by atoms with Gasteiger partial charge in [0, 0.05) is 18.0 Å². The van der Waals surface area contributed by atoms with Crippen molar-refractivity contribution in [3.05, 3.63) is 41.3 Å². The normalized spacial score (nSPS) is 15.8. The standard InChI is InChI=1S/C15H18N2O3S2/c1-12-6-7-15(21-12)22(18,19)16-13-4-2-3-5-14(13)17-8-10-20-11-9-17/h2-7,16H,8-11H2,1H3. The monoisotopic (exact) mass is 338 g/mol. The van der Waals surface area contributed by atoms with Gasteiger partial charge in [0.25, 0.3) is 10.0 Å². The maximum Gasteiger partial charge on any atom is 0.271 e. The van der Waals surface area contributed by atoms with Gasteiger partial charge < -0.3 is 9.64 Å². The Hall–Kier alpha value is -1.57. The van der Waals surface area contributed by atoms with E-state index in [0.29, 0.717) is 23.1 Å². The highest BCUT2D eigenvalue weighted by Crippen LogP contribution is 2.30. The Morgan fingerprint density at radius 2 is 1.86 bits per heavy atom. The van der Waals surface area contributed by atoms with Crippen LogP contribution in [0.3, 0.4) is 0 Å². The quantitative estimate of drug-likeness (QED) is 0.931. The molecule has 0 amide bonds. The number of ether oxygens (including phenoxy) is 1. The summed E-state index contributed by atoms with van der Waals surface area (Å²) in [4.78, 5) is 3.11. The van der Waals surface area contributed by atoms with Gasteiger partial charge in [0.05, 0.1) is 24.6 Å². The van der Waals surface area contributed by atoms with Crippen LogP contribution in [-0.2, 0) is 14.8 Å². The fourth-order valence-electron chi connectivity index (χ4n) is 2.39. The molecule has 22 heavy (non-hydrogen) atoms. The first-order valence-electron chi connectivity index (χ1n) is 7.07. The van der Waals surface area contributed by atoms with Crippen LogP contribution in [0.15, 0.2) is 40.6 Å². The molecule has 0 atom stereocenters. The number of nitrogens with one attached hydrogen (secondary N) is 1. The molecule has 1 aromatic carbocycles. The lowest BCUT2D eigenvalue weighted by molar-refractivity contribution is 0.123. The predicted molar refractivity (Wildman–Crippen MR) is 89.3 cm³/mol. The Morgan fingerprint density at radius 3 is 2.55 bits per heavy atom. The number of anilines is 2. The molecule has 0 saturated carbocycles. The van der Waals surface area contributed by atoms with Crippen molar-refractivity contribution in [2.75, 3.05) is 35.9 Å². The number of nitrogens with zero attached hydrogens (tertiary/aromatic N) is 1. The van der Waals surface area contributed by atoms with E-state index in [-0.39, 0.29) is 0 Å². The molecular formula is C15H18N2O3S2. The summed E-state index contributed by atoms with van der Waals surface area (Å²) in [6.07, 6.45) is 0. The van der Waals surface area contributed by atoms with Crippen LogP contribution >= 0.6 is 11.3 Å². The van der Waals surface area contributed by atoms with E-state index in [4.69, 9.17) is 4.74 Å². The average Bonchev–Trinajstić information content (AvgIpc) is 2.96. The Labute approximate surface area is 134 Å². The highest BCUT2D eigenvalue weighted by molar-refractivity contribution is 7.94. The van der Waals surface area contributed by atoms with Gasteiger partial charge in [0.15, 0.2) is 0 Å². The molecular weight excluding hydrogens is 320 g/mol. The van der Waals surface area contributed by atoms with Gasteiger partial charge in [-0.1, -0.05) is 12.1 Å². The minimum Gasteiger partial charge on any atom is -0.378 e. The number of para-hydroxylation sites is 2. The first-order valence-corrected chi connectivity index (χ1v) is 9.37. The number of aryl methyl sites for hydroxylation is 1. The maximum absolute atomic E-state index is 12.5. The fraction of sp³-hybridized carbons (Fsp3) is 0.333. The Balaban J connectivity index is 1.89. The van der Waals surface area contributed by atoms with Crippen LogP contribution in [0.4, 0.5) is 11.4 Å². The fourth-order valence-corrected chi connectivity index (χ4v) is 4.75. The summed E-state index contributed by atoms with van der Waals surface area (Å²) in [5, 5.41) is 0. The van der Waals surface area contributed by atoms with Crippen LogP contribution in [-0.4, -0.2) is 34.7 Å². The van der Waals surface area contributed by atoms with Crippen LogP contribution < -0.4 is 9.62 Å². The molecule has 0 unspecified atom stereocenters. The van der Waals surface area contributed by atoms with Gasteiger partial charge in [0.2, 0.25) is 0 Å². The summed E-state index contributed by atoms with van der Waals surface area (Å²) in [6, 6.07) is 10.9. The predicted octanol–water partition coefficient (Wildman–Crippen LogP) is 2.69. The van der Waals surface area contributed by atoms with E-state index in [1.54, 1.807) is 12.1 Å². The molecule has 1 saturated heterocycles. The van der Waals surface area contributed by atoms with Gasteiger partial charge in [-0.05, 0) is 31.2 Å². The molecule has 1 aromatic heterocycles. The second-order valence-electron chi connectivity index (χ2n) is 5.09. The Bertz CT molecular complexity index is 750. The molecule has 1 fully saturated rings. The van der Waals surface area contributed by atoms with E-state index in [0.717, 1.165) is 23.7 Å². The molecule has 7 heteroatoms. The maximum atomic E-state index is 12.5. The van der Waals surface area contributed by atoms with Gasteiger partial charge >= 0.3 is 0 Å². The Morgan fingerprint density at radius 1 is 1.14 bits per heavy atom. The van der Waals surface area contributed by atoms with Crippen molar-refractivity contribution in [3.63, 3.8) is 0 Å². The summed E-state index contributed by atoms with van der Waals surface area (Å²) in [7, 11) is -3.54. The number of morpholine rings is 1. The Kier molecular flexibility index (Phi) is 4.37. The third-order valence-electron chi connectivity index (χ3n) is 3.48. The zero-order chi connectivity index (χ0) is 15.6. The summed E-state index contributed by atoms with van der Waals surface area (Å²) in [5.74, 6) is 0. The van der Waals surface area contributed by atoms with E-state index < -0.39 is 10.0 Å². The van der Waals surface area contributed by atoms with Gasteiger partial charge in [-0.25, -0.2) is 8.42 Å². The van der Waals surface area contributed by atoms with Crippen LogP contribution in [0.2, 0.25) is 0 Å². The number of rotatable bonds is 4. The topological polar surface area (TPSA) is 58.6 Å². The SMILES string of the molecule is Cc1ccc(S(=O)(=O)Nc2ccccc2N2CCOCC2)s1. The van der Waals surface area contributed by atoms with Crippen LogP contribution in [0.5, 0.6) is 0 Å². The molecule has 2 aromatic rings. The zero-order valence-electron chi connectivity index (χ0n) is 12.3. The highest BCUT2D eigenvalue weighted by Gasteiger charge is 2.20. The molecule has 1 N–H and O–H groups in total. The van der Waals surface area contributed by atoms with E-state index in [1.807, 2.05) is 31.2 Å². The molecule has 1 aliphatic rings. The molecule has 0 aliphatic carbocycles. The third-order valence-corrected chi connectivity index (χ3v) is 6.34. The molecule has 1 aliphatic heterocycles. The summed E-state index contributed by atoms with van der Waals surface area (Å²) < 4.78 is 33.4. The minimum absolute atomic E-state index is 0.335. The largest absolute Gasteiger partial charge is 0.378 e. The number of thiophene rings is 1. The first kappa shape index (κ1) is 15.3. The van der Waals surface area contributed by atoms with Crippen molar-refractivity contribution >= 4 is 32.7 Å². The molecule has 0 bridgehead atoms. The number of sulfonamides is 1. The minimum atomic E-state index is -3.54. The van der Waals surface area contributed by atoms with Crippen molar-refractivity contribution in [1.29, 1.82) is 0 Å². The van der Waals surface area contributed by atoms with E-state index in [2.05, 4.69) is 9.62 Å². The summed E-state index contributed by atoms with van der Waals surface area (Å²) in [6.45, 7) is 4.73. The molecule has 2 heterocycles. The molecule has 0 spiro atoms. The van der Waals surface area contributed by atoms with Crippen molar-refractivity contribution in [2.24, 2.45) is 0 Å². The van der Waals surface area contributed by atoms with Crippen molar-refractivity contribution in [3.8, 4) is 0 Å². The molecule has 118 valence electrons. The number of hydrogen-bond donors (Lipinski definition) is 1. The van der Waals surface area contributed by atoms with Gasteiger partial charge in [-0.3, -0.25) is 4.72 Å². The lowest BCUT2D eigenvalue weighted by atomic mass is 10.2. The third kappa shape index (κ3) is 3.26. The van der Waals surface area contributed by atoms with Crippen LogP contribution in [0, 0.1) is 6.92 Å². The van der Waals surface area contributed by atoms with Gasteiger partial charge in [0.1, 0.15) is 4.21 Å². The van der Waals surface area contributed by atoms with Crippen LogP contribution in [0.1, 0.15) is 4.88 Å². The van der Waals surface area contributed by atoms with E-state index >= 15 is 0 Å². The zero-order valence-corrected chi connectivity index (χ0v) is 13.9. The lowest BCUT2D eigenvalue weighted by Gasteiger charge is -2.30. The lowest BCUT2D eigenvalue weighted by Crippen LogP contribution is -2.36. The van der Waals surface area contributed by atoms with Crippen molar-refractivity contribution < 1.29 is 13.2 Å². The van der Waals surface area contributed by atoms with Crippen molar-refractivity contribution in [2.45, 2.75) is 11.1 Å². The molecule has 0 radical (unpaired) electrons. The summed E-state index contributed by atoms with van der Waals surface area (Å²) >= 11 is 1.27. The van der Waals surface area contributed by atoms with Gasteiger partial charge in [-0.15, -0.1) is 11.3 Å². The second kappa shape index (κ2) is 6.28. The van der Waals surface area contributed by atoms with E-state index in [1.165, 1.54) is 11.3 Å². The number of hydrogen-bond acceptors (Lipinski definition) is 5. The van der Waals surface area contributed by atoms with Gasteiger partial charge in [-0.2, -0.15) is 0 Å². The highest BCUT2D eigenvalue weighted by atomic mass is 32.2. The van der Waals surface area contributed by atoms with Crippen molar-refractivity contribution in [1.82, 2.24) is 0 Å². The van der Waals surface area contributed by atoms with Crippen LogP contribution in [0.25, 0.3) is 0 Å². The molecule has 3 rings (SSSR count). The average molecular weight is 338 g/mol. The van der Waals surface area contributed by atoms with E-state index in [9.17, 15) is 8.42 Å². The second-order valence-corrected chi connectivity index (χ2v) is 8.28.